The van der Waals surface area contributed by atoms with Crippen molar-refractivity contribution in [2.75, 3.05) is 13.7 Å². The van der Waals surface area contributed by atoms with Crippen LogP contribution in [0.15, 0.2) is 35.2 Å². The molecule has 0 aliphatic rings. The third kappa shape index (κ3) is 4.67. The number of hydrogen-bond donors (Lipinski definition) is 1. The Hall–Kier alpha value is -2.65. The van der Waals surface area contributed by atoms with Crippen LogP contribution in [0.4, 0.5) is 0 Å². The first-order chi connectivity index (χ1) is 11.7. The van der Waals surface area contributed by atoms with Crippen molar-refractivity contribution in [3.63, 3.8) is 0 Å². The van der Waals surface area contributed by atoms with Crippen molar-refractivity contribution in [3.8, 4) is 22.4 Å². The number of carbonyl (C=O) groups is 1. The predicted molar refractivity (Wildman–Crippen MR) is 95.6 cm³/mol. The summed E-state index contributed by atoms with van der Waals surface area (Å²) in [4.78, 5) is 16.4. The summed E-state index contributed by atoms with van der Waals surface area (Å²) in [7, 11) is 1.62. The van der Waals surface area contributed by atoms with Crippen molar-refractivity contribution in [1.82, 2.24) is 10.3 Å². The number of nitrogens with zero attached hydrogens (tertiary/aromatic N) is 2. The number of unbranched alkanes of at least 4 members (excludes halogenated alkanes) is 1. The van der Waals surface area contributed by atoms with Crippen LogP contribution >= 0.6 is 11.3 Å². The lowest BCUT2D eigenvalue weighted by atomic mass is 10.2. The molecule has 0 spiro atoms. The van der Waals surface area contributed by atoms with E-state index < -0.39 is 0 Å². The number of ether oxygens (including phenoxy) is 1. The maximum atomic E-state index is 12.0. The standard InChI is InChI=1S/C18H19N3O2S/c1-3-4-8-20-17(22)14(11-19)9-15-12-24-18(21-15)13-6-5-7-16(10-13)23-2/h5-7,9-10,12H,3-4,8H2,1-2H3,(H,20,22). The molecule has 1 aromatic carbocycles. The summed E-state index contributed by atoms with van der Waals surface area (Å²) < 4.78 is 5.21. The van der Waals surface area contributed by atoms with Gasteiger partial charge in [-0.15, -0.1) is 11.3 Å². The molecule has 0 unspecified atom stereocenters. The van der Waals surface area contributed by atoms with Crippen molar-refractivity contribution >= 4 is 23.3 Å². The SMILES string of the molecule is CCCCNC(=O)C(C#N)=Cc1csc(-c2cccc(OC)c2)n1. The molecule has 0 radical (unpaired) electrons. The van der Waals surface area contributed by atoms with E-state index in [-0.39, 0.29) is 11.5 Å². The van der Waals surface area contributed by atoms with Crippen LogP contribution in [0.5, 0.6) is 5.75 Å². The van der Waals surface area contributed by atoms with Gasteiger partial charge in [-0.1, -0.05) is 25.5 Å². The number of carbonyl (C=O) groups excluding carboxylic acids is 1. The minimum atomic E-state index is -0.359. The van der Waals surface area contributed by atoms with E-state index in [0.29, 0.717) is 12.2 Å². The summed E-state index contributed by atoms with van der Waals surface area (Å²) in [5.74, 6) is 0.398. The Bertz CT molecular complexity index is 775. The number of benzene rings is 1. The fraction of sp³-hybridized carbons (Fsp3) is 0.278. The molecule has 1 N–H and O–H groups in total. The van der Waals surface area contributed by atoms with Gasteiger partial charge in [-0.2, -0.15) is 5.26 Å². The lowest BCUT2D eigenvalue weighted by Crippen LogP contribution is -2.25. The first-order valence-corrected chi connectivity index (χ1v) is 8.55. The zero-order valence-corrected chi connectivity index (χ0v) is 14.5. The number of methoxy groups -OCH3 is 1. The predicted octanol–water partition coefficient (Wildman–Crippen LogP) is 3.64. The summed E-state index contributed by atoms with van der Waals surface area (Å²) in [5, 5.41) is 14.6. The summed E-state index contributed by atoms with van der Waals surface area (Å²) >= 11 is 1.46. The van der Waals surface area contributed by atoms with Gasteiger partial charge in [0, 0.05) is 17.5 Å². The molecule has 5 nitrogen and oxygen atoms in total. The van der Waals surface area contributed by atoms with E-state index in [1.807, 2.05) is 42.6 Å². The molecule has 0 aliphatic heterocycles. The normalized spacial score (nSPS) is 11.0. The number of nitriles is 1. The second-order valence-corrected chi connectivity index (χ2v) is 5.95. The fourth-order valence-electron chi connectivity index (χ4n) is 2.01. The van der Waals surface area contributed by atoms with Crippen molar-refractivity contribution in [1.29, 1.82) is 5.26 Å². The highest BCUT2D eigenvalue weighted by molar-refractivity contribution is 7.13. The van der Waals surface area contributed by atoms with E-state index in [2.05, 4.69) is 10.3 Å². The first kappa shape index (κ1) is 17.7. The number of aromatic nitrogens is 1. The second-order valence-electron chi connectivity index (χ2n) is 5.09. The van der Waals surface area contributed by atoms with Gasteiger partial charge in [0.15, 0.2) is 0 Å². The molecule has 1 amide bonds. The summed E-state index contributed by atoms with van der Waals surface area (Å²) in [6, 6.07) is 9.54. The van der Waals surface area contributed by atoms with E-state index in [4.69, 9.17) is 4.74 Å². The second kappa shape index (κ2) is 8.85. The largest absolute Gasteiger partial charge is 0.497 e. The highest BCUT2D eigenvalue weighted by atomic mass is 32.1. The number of amides is 1. The van der Waals surface area contributed by atoms with Gasteiger partial charge in [-0.05, 0) is 24.6 Å². The monoisotopic (exact) mass is 341 g/mol. The summed E-state index contributed by atoms with van der Waals surface area (Å²) in [6.07, 6.45) is 3.39. The average molecular weight is 341 g/mol. The Morgan fingerprint density at radius 1 is 1.50 bits per heavy atom. The zero-order chi connectivity index (χ0) is 17.4. The number of rotatable bonds is 7. The molecule has 1 heterocycles. The molecule has 0 saturated carbocycles. The first-order valence-electron chi connectivity index (χ1n) is 7.68. The molecule has 1 aromatic heterocycles. The highest BCUT2D eigenvalue weighted by Gasteiger charge is 2.10. The van der Waals surface area contributed by atoms with Crippen LogP contribution < -0.4 is 10.1 Å². The molecule has 2 aromatic rings. The van der Waals surface area contributed by atoms with Gasteiger partial charge >= 0.3 is 0 Å². The Morgan fingerprint density at radius 3 is 3.04 bits per heavy atom. The van der Waals surface area contributed by atoms with Crippen molar-refractivity contribution in [3.05, 3.63) is 40.9 Å². The van der Waals surface area contributed by atoms with Gasteiger partial charge in [0.05, 0.1) is 12.8 Å². The molecular weight excluding hydrogens is 322 g/mol. The van der Waals surface area contributed by atoms with Gasteiger partial charge in [0.1, 0.15) is 22.4 Å². The summed E-state index contributed by atoms with van der Waals surface area (Å²) in [5.41, 5.74) is 1.60. The minimum absolute atomic E-state index is 0.0635. The van der Waals surface area contributed by atoms with Crippen LogP contribution in [-0.2, 0) is 4.79 Å². The molecular formula is C18H19N3O2S. The lowest BCUT2D eigenvalue weighted by Gasteiger charge is -2.02. The molecule has 124 valence electrons. The van der Waals surface area contributed by atoms with Crippen LogP contribution in [-0.4, -0.2) is 24.5 Å². The van der Waals surface area contributed by atoms with Crippen molar-refractivity contribution < 1.29 is 9.53 Å². The Labute approximate surface area is 145 Å². The lowest BCUT2D eigenvalue weighted by molar-refractivity contribution is -0.117. The molecule has 0 bridgehead atoms. The van der Waals surface area contributed by atoms with E-state index in [1.54, 1.807) is 7.11 Å². The van der Waals surface area contributed by atoms with Crippen molar-refractivity contribution in [2.24, 2.45) is 0 Å². The van der Waals surface area contributed by atoms with Crippen LogP contribution in [0.1, 0.15) is 25.5 Å². The van der Waals surface area contributed by atoms with Gasteiger partial charge in [0.2, 0.25) is 0 Å². The minimum Gasteiger partial charge on any atom is -0.497 e. The molecule has 0 saturated heterocycles. The van der Waals surface area contributed by atoms with Crippen LogP contribution in [0.3, 0.4) is 0 Å². The Balaban J connectivity index is 2.16. The fourth-order valence-corrected chi connectivity index (χ4v) is 2.79. The van der Waals surface area contributed by atoms with Crippen LogP contribution in [0.25, 0.3) is 16.6 Å². The molecule has 6 heteroatoms. The topological polar surface area (TPSA) is 75.0 Å². The maximum absolute atomic E-state index is 12.0. The van der Waals surface area contributed by atoms with E-state index >= 15 is 0 Å². The van der Waals surface area contributed by atoms with Gasteiger partial charge in [-0.3, -0.25) is 4.79 Å². The third-order valence-corrected chi connectivity index (χ3v) is 4.22. The van der Waals surface area contributed by atoms with Gasteiger partial charge in [-0.25, -0.2) is 4.98 Å². The smallest absolute Gasteiger partial charge is 0.262 e. The van der Waals surface area contributed by atoms with Gasteiger partial charge < -0.3 is 10.1 Å². The van der Waals surface area contributed by atoms with E-state index in [0.717, 1.165) is 29.2 Å². The molecule has 0 fully saturated rings. The quantitative estimate of drug-likeness (QED) is 0.474. The molecule has 2 rings (SSSR count). The maximum Gasteiger partial charge on any atom is 0.262 e. The third-order valence-electron chi connectivity index (χ3n) is 3.31. The molecule has 24 heavy (non-hydrogen) atoms. The molecule has 0 atom stereocenters. The number of hydrogen-bond acceptors (Lipinski definition) is 5. The Morgan fingerprint density at radius 2 is 2.33 bits per heavy atom. The van der Waals surface area contributed by atoms with Crippen molar-refractivity contribution in [2.45, 2.75) is 19.8 Å². The van der Waals surface area contributed by atoms with E-state index in [1.165, 1.54) is 17.4 Å². The summed E-state index contributed by atoms with van der Waals surface area (Å²) in [6.45, 7) is 2.61. The van der Waals surface area contributed by atoms with Crippen LogP contribution in [0.2, 0.25) is 0 Å². The van der Waals surface area contributed by atoms with Gasteiger partial charge in [0.25, 0.3) is 5.91 Å². The van der Waals surface area contributed by atoms with Crippen LogP contribution in [0, 0.1) is 11.3 Å². The van der Waals surface area contributed by atoms with E-state index in [9.17, 15) is 10.1 Å². The Kier molecular flexibility index (Phi) is 6.52. The highest BCUT2D eigenvalue weighted by Crippen LogP contribution is 2.27. The number of thiazole rings is 1. The average Bonchev–Trinajstić information content (AvgIpc) is 3.08. The zero-order valence-electron chi connectivity index (χ0n) is 13.7. The number of nitrogens with one attached hydrogen (secondary N) is 1. The molecule has 0 aliphatic carbocycles.